The number of pyridine rings is 1. The van der Waals surface area contributed by atoms with E-state index in [1.165, 1.54) is 0 Å². The highest BCUT2D eigenvalue weighted by Crippen LogP contribution is 2.49. The van der Waals surface area contributed by atoms with Crippen LogP contribution in [0.15, 0.2) is 48.8 Å². The Morgan fingerprint density at radius 2 is 1.93 bits per heavy atom. The Kier molecular flexibility index (Phi) is 7.11. The molecule has 2 saturated heterocycles. The number of nitrogens with one attached hydrogen (secondary N) is 1. The second-order valence-corrected chi connectivity index (χ2v) is 13.4. The first kappa shape index (κ1) is 29.2. The first-order valence-electron chi connectivity index (χ1n) is 15.6. The van der Waals surface area contributed by atoms with Crippen molar-refractivity contribution in [2.75, 3.05) is 18.0 Å². The van der Waals surface area contributed by atoms with Gasteiger partial charge in [-0.05, 0) is 62.4 Å². The SMILES string of the molecule is Cc1nc2c(F)c(-c3cccc(Cl)c3Cl)c(CCC#N)cc2c2[nH]c(C3C4CC(CN(c5ncccn5)C4)N3C(=O)C3CC3)cc12. The number of nitrogens with zero attached hydrogens (tertiary/aromatic N) is 6. The van der Waals surface area contributed by atoms with Gasteiger partial charge in [-0.25, -0.2) is 19.3 Å². The van der Waals surface area contributed by atoms with Crippen molar-refractivity contribution < 1.29 is 9.18 Å². The van der Waals surface area contributed by atoms with Gasteiger partial charge in [-0.15, -0.1) is 0 Å². The number of H-pyrrole nitrogens is 1. The maximum Gasteiger partial charge on any atom is 0.226 e. The average Bonchev–Trinajstić information content (AvgIpc) is 3.76. The van der Waals surface area contributed by atoms with Crippen LogP contribution in [0.1, 0.15) is 48.7 Å². The minimum atomic E-state index is -0.503. The molecular weight excluding hydrogens is 624 g/mol. The van der Waals surface area contributed by atoms with Gasteiger partial charge >= 0.3 is 0 Å². The van der Waals surface area contributed by atoms with Crippen LogP contribution in [-0.2, 0) is 11.2 Å². The Bertz CT molecular complexity index is 2070. The van der Waals surface area contributed by atoms with E-state index in [0.29, 0.717) is 51.7 Å². The Hall–Kier alpha value is -4.26. The second kappa shape index (κ2) is 11.2. The lowest BCUT2D eigenvalue weighted by Crippen LogP contribution is -2.45. The van der Waals surface area contributed by atoms with Crippen molar-refractivity contribution >= 4 is 56.9 Å². The van der Waals surface area contributed by atoms with Crippen LogP contribution < -0.4 is 4.90 Å². The van der Waals surface area contributed by atoms with Gasteiger partial charge in [0, 0.05) is 77.0 Å². The van der Waals surface area contributed by atoms with Crippen LogP contribution in [0.4, 0.5) is 10.3 Å². The number of hydrogen-bond acceptors (Lipinski definition) is 6. The van der Waals surface area contributed by atoms with Crippen LogP contribution >= 0.6 is 23.2 Å². The topological polar surface area (TPSA) is 102 Å². The van der Waals surface area contributed by atoms with Gasteiger partial charge in [0.15, 0.2) is 5.82 Å². The Labute approximate surface area is 275 Å². The summed E-state index contributed by atoms with van der Waals surface area (Å²) in [6.07, 6.45) is 6.79. The number of hydrogen-bond donors (Lipinski definition) is 1. The van der Waals surface area contributed by atoms with Crippen molar-refractivity contribution in [2.45, 2.75) is 51.1 Å². The maximum absolute atomic E-state index is 16.7. The zero-order chi connectivity index (χ0) is 31.7. The molecule has 3 atom stereocenters. The molecule has 0 spiro atoms. The van der Waals surface area contributed by atoms with E-state index in [4.69, 9.17) is 28.2 Å². The molecule has 5 heterocycles. The van der Waals surface area contributed by atoms with Gasteiger partial charge in [0.25, 0.3) is 0 Å². The molecule has 0 radical (unpaired) electrons. The van der Waals surface area contributed by atoms with Crippen molar-refractivity contribution in [3.8, 4) is 17.2 Å². The molecule has 3 aliphatic rings. The number of amides is 1. The molecule has 1 aliphatic carbocycles. The van der Waals surface area contributed by atoms with Crippen LogP contribution in [0.25, 0.3) is 32.9 Å². The third kappa shape index (κ3) is 4.69. The molecule has 8 rings (SSSR count). The fraction of sp³-hybridized carbons (Fsp3) is 0.343. The fourth-order valence-electron chi connectivity index (χ4n) is 7.60. The molecule has 46 heavy (non-hydrogen) atoms. The number of carbonyl (C=O) groups excluding carboxylic acids is 1. The Morgan fingerprint density at radius 3 is 2.70 bits per heavy atom. The van der Waals surface area contributed by atoms with Gasteiger partial charge < -0.3 is 14.8 Å². The molecule has 2 bridgehead atoms. The van der Waals surface area contributed by atoms with Crippen molar-refractivity contribution in [3.05, 3.63) is 81.6 Å². The number of halogens is 3. The Balaban J connectivity index is 1.28. The van der Waals surface area contributed by atoms with Crippen LogP contribution in [-0.4, -0.2) is 49.9 Å². The number of likely N-dealkylation sites (tertiary alicyclic amines) is 1. The number of nitriles is 1. The number of aromatic amines is 1. The van der Waals surface area contributed by atoms with Crippen LogP contribution in [0.3, 0.4) is 0 Å². The summed E-state index contributed by atoms with van der Waals surface area (Å²) in [5.74, 6) is 0.620. The van der Waals surface area contributed by atoms with Crippen molar-refractivity contribution in [3.63, 3.8) is 0 Å². The molecule has 232 valence electrons. The van der Waals surface area contributed by atoms with E-state index in [1.807, 2.05) is 13.0 Å². The number of carbonyl (C=O) groups is 1. The third-order valence-electron chi connectivity index (χ3n) is 9.76. The third-order valence-corrected chi connectivity index (χ3v) is 10.6. The first-order chi connectivity index (χ1) is 22.3. The monoisotopic (exact) mass is 653 g/mol. The molecule has 1 amide bonds. The van der Waals surface area contributed by atoms with E-state index in [2.05, 4.69) is 36.9 Å². The quantitative estimate of drug-likeness (QED) is 0.203. The van der Waals surface area contributed by atoms with Crippen molar-refractivity contribution in [2.24, 2.45) is 11.8 Å². The molecule has 5 aromatic rings. The highest BCUT2D eigenvalue weighted by Gasteiger charge is 2.52. The zero-order valence-electron chi connectivity index (χ0n) is 25.1. The smallest absolute Gasteiger partial charge is 0.226 e. The molecule has 2 aliphatic heterocycles. The number of aryl methyl sites for hydroxylation is 2. The van der Waals surface area contributed by atoms with Gasteiger partial charge in [0.05, 0.1) is 33.7 Å². The van der Waals surface area contributed by atoms with Crippen molar-refractivity contribution in [1.82, 2.24) is 24.8 Å². The Morgan fingerprint density at radius 1 is 1.13 bits per heavy atom. The van der Waals surface area contributed by atoms with E-state index in [1.54, 1.807) is 36.7 Å². The van der Waals surface area contributed by atoms with Crippen molar-refractivity contribution in [1.29, 1.82) is 5.26 Å². The number of piperidine rings is 1. The summed E-state index contributed by atoms with van der Waals surface area (Å²) in [4.78, 5) is 35.6. The van der Waals surface area contributed by atoms with E-state index in [9.17, 15) is 10.1 Å². The highest BCUT2D eigenvalue weighted by atomic mass is 35.5. The summed E-state index contributed by atoms with van der Waals surface area (Å²) in [7, 11) is 0. The van der Waals surface area contributed by atoms with E-state index < -0.39 is 5.82 Å². The minimum Gasteiger partial charge on any atom is -0.356 e. The lowest BCUT2D eigenvalue weighted by Gasteiger charge is -2.32. The number of anilines is 1. The summed E-state index contributed by atoms with van der Waals surface area (Å²) in [5, 5.41) is 11.5. The molecule has 3 unspecified atom stereocenters. The van der Waals surface area contributed by atoms with Gasteiger partial charge in [0.2, 0.25) is 11.9 Å². The standard InChI is InChI=1S/C35H30Cl2FN7O/c1-18-24-15-27(33-21-13-22(45(33)34(46)19-8-9-19)17-44(16-21)35-40-11-4-12-41-35)43-31(24)25-14-20(5-3-10-39)28(30(38)32(25)42-18)23-6-2-7-26(36)29(23)37/h2,4,6-7,11-12,14-15,19,21-22,33,43H,3,5,8-9,13,16-17H2,1H3. The van der Waals surface area contributed by atoms with Gasteiger partial charge in [-0.2, -0.15) is 5.26 Å². The summed E-state index contributed by atoms with van der Waals surface area (Å²) in [5.41, 5.74) is 4.01. The van der Waals surface area contributed by atoms with Crippen LogP contribution in [0.2, 0.25) is 10.0 Å². The molecular formula is C35H30Cl2FN7O. The van der Waals surface area contributed by atoms with Crippen LogP contribution in [0.5, 0.6) is 0 Å². The summed E-state index contributed by atoms with van der Waals surface area (Å²) in [6, 6.07) is 13.0. The van der Waals surface area contributed by atoms with E-state index in [-0.39, 0.29) is 46.8 Å². The number of rotatable bonds is 6. The zero-order valence-corrected chi connectivity index (χ0v) is 26.6. The lowest BCUT2D eigenvalue weighted by molar-refractivity contribution is -0.135. The number of fused-ring (bicyclic) bond motifs is 5. The molecule has 8 nitrogen and oxygen atoms in total. The lowest BCUT2D eigenvalue weighted by atomic mass is 9.93. The maximum atomic E-state index is 16.7. The van der Waals surface area contributed by atoms with Crippen LogP contribution in [0, 0.1) is 35.9 Å². The molecule has 2 aromatic carbocycles. The fourth-order valence-corrected chi connectivity index (χ4v) is 8.00. The highest BCUT2D eigenvalue weighted by molar-refractivity contribution is 6.43. The summed E-state index contributed by atoms with van der Waals surface area (Å²) in [6.45, 7) is 3.29. The molecule has 3 aromatic heterocycles. The molecule has 11 heteroatoms. The summed E-state index contributed by atoms with van der Waals surface area (Å²) >= 11 is 12.9. The minimum absolute atomic E-state index is 0.0445. The molecule has 3 fully saturated rings. The van der Waals surface area contributed by atoms with Gasteiger partial charge in [-0.3, -0.25) is 4.79 Å². The van der Waals surface area contributed by atoms with E-state index in [0.717, 1.165) is 42.4 Å². The first-order valence-corrected chi connectivity index (χ1v) is 16.4. The largest absolute Gasteiger partial charge is 0.356 e. The van der Waals surface area contributed by atoms with Gasteiger partial charge in [0.1, 0.15) is 5.52 Å². The molecule has 1 N–H and O–H groups in total. The van der Waals surface area contributed by atoms with Gasteiger partial charge in [-0.1, -0.05) is 35.3 Å². The molecule has 1 saturated carbocycles. The predicted molar refractivity (Wildman–Crippen MR) is 176 cm³/mol. The van der Waals surface area contributed by atoms with E-state index >= 15 is 4.39 Å². The number of aromatic nitrogens is 4. The second-order valence-electron chi connectivity index (χ2n) is 12.7. The number of benzene rings is 2. The predicted octanol–water partition coefficient (Wildman–Crippen LogP) is 7.57. The summed E-state index contributed by atoms with van der Waals surface area (Å²) < 4.78 is 16.7. The normalized spacial score (nSPS) is 20.9. The average molecular weight is 655 g/mol.